The average molecular weight is 333 g/mol. The molecule has 0 amide bonds. The molecule has 11 heteroatoms. The van der Waals surface area contributed by atoms with Gasteiger partial charge in [0.2, 0.25) is 0 Å². The van der Waals surface area contributed by atoms with Crippen LogP contribution in [0.15, 0.2) is 28.2 Å². The Kier molecular flexibility index (Phi) is 4.37. The van der Waals surface area contributed by atoms with Gasteiger partial charge in [-0.05, 0) is 12.3 Å². The van der Waals surface area contributed by atoms with Gasteiger partial charge < -0.3 is 4.98 Å². The Bertz CT molecular complexity index is 917. The molecule has 0 aliphatic rings. The molecule has 0 saturated heterocycles. The van der Waals surface area contributed by atoms with Crippen molar-refractivity contribution < 1.29 is 9.85 Å². The zero-order valence-electron chi connectivity index (χ0n) is 11.5. The zero-order valence-corrected chi connectivity index (χ0v) is 12.3. The van der Waals surface area contributed by atoms with Crippen molar-refractivity contribution in [2.45, 2.75) is 5.16 Å². The molecule has 2 aromatic rings. The second-order valence-electron chi connectivity index (χ2n) is 4.13. The first-order chi connectivity index (χ1) is 10.9. The lowest BCUT2D eigenvalue weighted by molar-refractivity contribution is -0.393. The van der Waals surface area contributed by atoms with E-state index in [-0.39, 0.29) is 16.4 Å². The largest absolute Gasteiger partial charge is 0.300 e. The van der Waals surface area contributed by atoms with Crippen LogP contribution >= 0.6 is 11.8 Å². The minimum Gasteiger partial charge on any atom is -0.300 e. The number of rotatable bonds is 4. The number of hydrogen-bond acceptors (Lipinski definition) is 8. The van der Waals surface area contributed by atoms with Gasteiger partial charge in [-0.1, -0.05) is 11.8 Å². The standard InChI is InChI=1S/C12H7N5O5S/c1-23-12-14-10(8(5-13)11(18)15-12)7-3-2-6(16(19)20)4-9(7)17(21)22/h2-4H,1H3,(H,14,15,18). The molecule has 0 aliphatic heterocycles. The summed E-state index contributed by atoms with van der Waals surface area (Å²) in [5, 5.41) is 31.2. The molecular weight excluding hydrogens is 326 g/mol. The van der Waals surface area contributed by atoms with E-state index in [1.807, 2.05) is 0 Å². The van der Waals surface area contributed by atoms with Gasteiger partial charge in [0.05, 0.1) is 21.5 Å². The number of benzene rings is 1. The van der Waals surface area contributed by atoms with Crippen LogP contribution in [0.1, 0.15) is 5.56 Å². The van der Waals surface area contributed by atoms with Gasteiger partial charge in [-0.2, -0.15) is 5.26 Å². The molecule has 1 aromatic heterocycles. The van der Waals surface area contributed by atoms with Crippen molar-refractivity contribution in [1.29, 1.82) is 5.26 Å². The molecule has 1 aromatic carbocycles. The Balaban J connectivity index is 2.84. The number of non-ortho nitro benzene ring substituents is 1. The normalized spacial score (nSPS) is 10.1. The van der Waals surface area contributed by atoms with Gasteiger partial charge in [0.25, 0.3) is 16.9 Å². The maximum atomic E-state index is 11.9. The van der Waals surface area contributed by atoms with Crippen LogP contribution in [-0.2, 0) is 0 Å². The summed E-state index contributed by atoms with van der Waals surface area (Å²) in [6, 6.07) is 4.55. The fourth-order valence-electron chi connectivity index (χ4n) is 1.83. The fourth-order valence-corrected chi connectivity index (χ4v) is 2.21. The number of nitrogens with zero attached hydrogens (tertiary/aromatic N) is 4. The molecule has 1 heterocycles. The summed E-state index contributed by atoms with van der Waals surface area (Å²) in [7, 11) is 0. The van der Waals surface area contributed by atoms with Gasteiger partial charge in [0, 0.05) is 6.07 Å². The van der Waals surface area contributed by atoms with Crippen LogP contribution in [0.4, 0.5) is 11.4 Å². The van der Waals surface area contributed by atoms with E-state index >= 15 is 0 Å². The molecule has 0 radical (unpaired) electrons. The van der Waals surface area contributed by atoms with Crippen molar-refractivity contribution in [3.63, 3.8) is 0 Å². The molecule has 10 nitrogen and oxygen atoms in total. The van der Waals surface area contributed by atoms with Crippen LogP contribution in [-0.4, -0.2) is 26.1 Å². The first-order valence-electron chi connectivity index (χ1n) is 5.90. The van der Waals surface area contributed by atoms with E-state index in [1.54, 1.807) is 12.3 Å². The maximum Gasteiger partial charge on any atom is 0.285 e. The van der Waals surface area contributed by atoms with Gasteiger partial charge in [-0.3, -0.25) is 25.0 Å². The molecule has 0 bridgehead atoms. The SMILES string of the molecule is CSc1nc(-c2ccc([N+](=O)[O-])cc2[N+](=O)[O-])c(C#N)c(=O)[nH]1. The lowest BCUT2D eigenvalue weighted by atomic mass is 10.0. The number of nitrogens with one attached hydrogen (secondary N) is 1. The highest BCUT2D eigenvalue weighted by atomic mass is 32.2. The van der Waals surface area contributed by atoms with Crippen molar-refractivity contribution in [2.24, 2.45) is 0 Å². The highest BCUT2D eigenvalue weighted by molar-refractivity contribution is 7.98. The van der Waals surface area contributed by atoms with Crippen molar-refractivity contribution in [3.05, 3.63) is 54.3 Å². The first kappa shape index (κ1) is 16.1. The van der Waals surface area contributed by atoms with Gasteiger partial charge in [-0.25, -0.2) is 4.98 Å². The molecule has 116 valence electrons. The highest BCUT2D eigenvalue weighted by Crippen LogP contribution is 2.33. The Morgan fingerprint density at radius 1 is 1.30 bits per heavy atom. The maximum absolute atomic E-state index is 11.9. The fraction of sp³-hybridized carbons (Fsp3) is 0.0833. The third kappa shape index (κ3) is 3.01. The molecule has 2 rings (SSSR count). The van der Waals surface area contributed by atoms with Crippen molar-refractivity contribution >= 4 is 23.1 Å². The molecule has 0 unspecified atom stereocenters. The monoisotopic (exact) mass is 333 g/mol. The summed E-state index contributed by atoms with van der Waals surface area (Å²) in [5.74, 6) is 0. The highest BCUT2D eigenvalue weighted by Gasteiger charge is 2.25. The zero-order chi connectivity index (χ0) is 17.1. The van der Waals surface area contributed by atoms with E-state index < -0.39 is 32.3 Å². The van der Waals surface area contributed by atoms with E-state index in [0.29, 0.717) is 0 Å². The van der Waals surface area contributed by atoms with Crippen molar-refractivity contribution in [1.82, 2.24) is 9.97 Å². The van der Waals surface area contributed by atoms with E-state index in [2.05, 4.69) is 9.97 Å². The summed E-state index contributed by atoms with van der Waals surface area (Å²) < 4.78 is 0. The third-order valence-electron chi connectivity index (χ3n) is 2.85. The third-order valence-corrected chi connectivity index (χ3v) is 3.43. The van der Waals surface area contributed by atoms with Crippen LogP contribution < -0.4 is 5.56 Å². The predicted molar refractivity (Wildman–Crippen MR) is 80.1 cm³/mol. The number of nitriles is 1. The Morgan fingerprint density at radius 3 is 2.52 bits per heavy atom. The molecular formula is C12H7N5O5S. The molecule has 0 saturated carbocycles. The lowest BCUT2D eigenvalue weighted by Gasteiger charge is -2.06. The average Bonchev–Trinajstić information content (AvgIpc) is 2.53. The Hall–Kier alpha value is -3.26. The number of nitro groups is 2. The second-order valence-corrected chi connectivity index (χ2v) is 4.92. The number of aromatic nitrogens is 2. The number of nitro benzene ring substituents is 2. The van der Waals surface area contributed by atoms with Gasteiger partial charge in [0.15, 0.2) is 5.16 Å². The van der Waals surface area contributed by atoms with Crippen molar-refractivity contribution in [2.75, 3.05) is 6.26 Å². The van der Waals surface area contributed by atoms with E-state index in [0.717, 1.165) is 30.0 Å². The predicted octanol–water partition coefficient (Wildman–Crippen LogP) is 1.85. The van der Waals surface area contributed by atoms with Crippen LogP contribution in [0.2, 0.25) is 0 Å². The van der Waals surface area contributed by atoms with Crippen LogP contribution in [0, 0.1) is 31.6 Å². The van der Waals surface area contributed by atoms with Crippen molar-refractivity contribution in [3.8, 4) is 17.3 Å². The second kappa shape index (κ2) is 6.24. The number of thioether (sulfide) groups is 1. The smallest absolute Gasteiger partial charge is 0.285 e. The van der Waals surface area contributed by atoms with Crippen LogP contribution in [0.3, 0.4) is 0 Å². The van der Waals surface area contributed by atoms with E-state index in [9.17, 15) is 25.0 Å². The van der Waals surface area contributed by atoms with E-state index in [4.69, 9.17) is 5.26 Å². The number of H-pyrrole nitrogens is 1. The topological polar surface area (TPSA) is 156 Å². The quantitative estimate of drug-likeness (QED) is 0.384. The number of aromatic amines is 1. The lowest BCUT2D eigenvalue weighted by Crippen LogP contribution is -2.15. The molecule has 0 aliphatic carbocycles. The van der Waals surface area contributed by atoms with Gasteiger partial charge in [0.1, 0.15) is 17.3 Å². The summed E-state index contributed by atoms with van der Waals surface area (Å²) in [6.45, 7) is 0. The van der Waals surface area contributed by atoms with Gasteiger partial charge >= 0.3 is 0 Å². The summed E-state index contributed by atoms with van der Waals surface area (Å²) in [5.41, 5.74) is -2.57. The summed E-state index contributed by atoms with van der Waals surface area (Å²) in [6.07, 6.45) is 1.62. The first-order valence-corrected chi connectivity index (χ1v) is 7.13. The molecule has 0 fully saturated rings. The van der Waals surface area contributed by atoms with Gasteiger partial charge in [-0.15, -0.1) is 0 Å². The summed E-state index contributed by atoms with van der Waals surface area (Å²) >= 11 is 1.08. The van der Waals surface area contributed by atoms with E-state index in [1.165, 1.54) is 0 Å². The molecule has 1 N–H and O–H groups in total. The molecule has 0 spiro atoms. The van der Waals surface area contributed by atoms with Crippen LogP contribution in [0.5, 0.6) is 0 Å². The minimum absolute atomic E-state index is 0.140. The Labute approximate surface area is 132 Å². The number of hydrogen-bond donors (Lipinski definition) is 1. The minimum atomic E-state index is -0.828. The Morgan fingerprint density at radius 2 is 2.00 bits per heavy atom. The molecule has 23 heavy (non-hydrogen) atoms. The summed E-state index contributed by atoms with van der Waals surface area (Å²) in [4.78, 5) is 38.6. The van der Waals surface area contributed by atoms with Crippen LogP contribution in [0.25, 0.3) is 11.3 Å². The molecule has 0 atom stereocenters.